The lowest BCUT2D eigenvalue weighted by Crippen LogP contribution is -2.20. The van der Waals surface area contributed by atoms with Gasteiger partial charge in [0, 0.05) is 43.0 Å². The minimum absolute atomic E-state index is 0.132. The van der Waals surface area contributed by atoms with Gasteiger partial charge in [0.15, 0.2) is 0 Å². The summed E-state index contributed by atoms with van der Waals surface area (Å²) < 4.78 is 0. The second kappa shape index (κ2) is 7.45. The molecule has 1 aliphatic rings. The van der Waals surface area contributed by atoms with Crippen LogP contribution in [0.2, 0.25) is 0 Å². The molecule has 1 aliphatic heterocycles. The van der Waals surface area contributed by atoms with E-state index in [9.17, 15) is 10.1 Å². The van der Waals surface area contributed by atoms with Crippen LogP contribution >= 0.6 is 0 Å². The quantitative estimate of drug-likeness (QED) is 0.643. The fourth-order valence-electron chi connectivity index (χ4n) is 3.19. The Morgan fingerprint density at radius 3 is 2.67 bits per heavy atom. The second-order valence-electron chi connectivity index (χ2n) is 6.28. The zero-order chi connectivity index (χ0) is 16.9. The van der Waals surface area contributed by atoms with Crippen molar-refractivity contribution in [2.75, 3.05) is 18.0 Å². The molecule has 1 fully saturated rings. The first-order valence-corrected chi connectivity index (χ1v) is 8.46. The van der Waals surface area contributed by atoms with Crippen molar-refractivity contribution in [1.82, 2.24) is 5.32 Å². The second-order valence-corrected chi connectivity index (χ2v) is 6.28. The van der Waals surface area contributed by atoms with Gasteiger partial charge in [-0.2, -0.15) is 0 Å². The minimum atomic E-state index is -0.324. The Balaban J connectivity index is 1.68. The maximum Gasteiger partial charge on any atom is 0.273 e. The molecule has 1 heterocycles. The van der Waals surface area contributed by atoms with Gasteiger partial charge in [-0.05, 0) is 37.5 Å². The molecule has 0 aromatic heterocycles. The van der Waals surface area contributed by atoms with E-state index in [0.717, 1.165) is 13.1 Å². The monoisotopic (exact) mass is 325 g/mol. The van der Waals surface area contributed by atoms with E-state index < -0.39 is 0 Å². The molecule has 0 saturated carbocycles. The molecule has 3 rings (SSSR count). The number of hydrogen-bond donors (Lipinski definition) is 1. The average Bonchev–Trinajstić information content (AvgIpc) is 3.14. The molecular weight excluding hydrogens is 302 g/mol. The van der Waals surface area contributed by atoms with Crippen LogP contribution in [0.5, 0.6) is 0 Å². The number of rotatable bonds is 6. The van der Waals surface area contributed by atoms with Crippen molar-refractivity contribution < 1.29 is 4.92 Å². The first kappa shape index (κ1) is 16.5. The van der Waals surface area contributed by atoms with E-state index in [0.29, 0.717) is 12.1 Å². The van der Waals surface area contributed by atoms with E-state index in [-0.39, 0.29) is 16.7 Å². The van der Waals surface area contributed by atoms with E-state index in [1.54, 1.807) is 18.2 Å². The Bertz CT molecular complexity index is 711. The van der Waals surface area contributed by atoms with Gasteiger partial charge in [0.2, 0.25) is 0 Å². The smallest absolute Gasteiger partial charge is 0.273 e. The minimum Gasteiger partial charge on any atom is -0.372 e. The standard InChI is InChI=1S/C19H23N3O2/c1-15(20-14-17-7-2-3-10-19(17)22(23)24)16-8-6-9-18(13-16)21-11-4-5-12-21/h2-3,6-10,13,15,20H,4-5,11-12,14H2,1H3/t15-/m0/s1. The van der Waals surface area contributed by atoms with Crippen molar-refractivity contribution in [2.24, 2.45) is 0 Å². The molecule has 0 unspecified atom stereocenters. The van der Waals surface area contributed by atoms with Gasteiger partial charge in [-0.25, -0.2) is 0 Å². The van der Waals surface area contributed by atoms with Crippen LogP contribution in [-0.4, -0.2) is 18.0 Å². The van der Waals surface area contributed by atoms with Gasteiger partial charge in [-0.1, -0.05) is 30.3 Å². The Hall–Kier alpha value is -2.40. The molecule has 0 radical (unpaired) electrons. The van der Waals surface area contributed by atoms with Crippen LogP contribution in [0, 0.1) is 10.1 Å². The fourth-order valence-corrected chi connectivity index (χ4v) is 3.19. The summed E-state index contributed by atoms with van der Waals surface area (Å²) in [5.74, 6) is 0. The van der Waals surface area contributed by atoms with Gasteiger partial charge in [0.1, 0.15) is 0 Å². The topological polar surface area (TPSA) is 58.4 Å². The van der Waals surface area contributed by atoms with Crippen LogP contribution in [0.4, 0.5) is 11.4 Å². The van der Waals surface area contributed by atoms with Crippen molar-refractivity contribution in [1.29, 1.82) is 0 Å². The SMILES string of the molecule is C[C@H](NCc1ccccc1[N+](=O)[O-])c1cccc(N2CCCC2)c1. The lowest BCUT2D eigenvalue weighted by atomic mass is 10.1. The summed E-state index contributed by atoms with van der Waals surface area (Å²) in [6.07, 6.45) is 2.52. The Labute approximate surface area is 142 Å². The predicted molar refractivity (Wildman–Crippen MR) is 96.2 cm³/mol. The normalized spacial score (nSPS) is 15.5. The molecule has 24 heavy (non-hydrogen) atoms. The number of hydrogen-bond acceptors (Lipinski definition) is 4. The van der Waals surface area contributed by atoms with Crippen molar-refractivity contribution in [3.63, 3.8) is 0 Å². The van der Waals surface area contributed by atoms with E-state index in [2.05, 4.69) is 41.4 Å². The van der Waals surface area contributed by atoms with E-state index in [1.807, 2.05) is 6.07 Å². The lowest BCUT2D eigenvalue weighted by molar-refractivity contribution is -0.385. The van der Waals surface area contributed by atoms with Gasteiger partial charge in [-0.15, -0.1) is 0 Å². The van der Waals surface area contributed by atoms with Gasteiger partial charge in [-0.3, -0.25) is 10.1 Å². The summed E-state index contributed by atoms with van der Waals surface area (Å²) in [4.78, 5) is 13.2. The molecule has 126 valence electrons. The molecule has 1 saturated heterocycles. The van der Waals surface area contributed by atoms with E-state index in [1.165, 1.54) is 24.1 Å². The van der Waals surface area contributed by atoms with Gasteiger partial charge in [0.25, 0.3) is 5.69 Å². The van der Waals surface area contributed by atoms with Crippen LogP contribution in [0.15, 0.2) is 48.5 Å². The lowest BCUT2D eigenvalue weighted by Gasteiger charge is -2.20. The van der Waals surface area contributed by atoms with Crippen molar-refractivity contribution in [2.45, 2.75) is 32.4 Å². The molecule has 1 N–H and O–H groups in total. The highest BCUT2D eigenvalue weighted by Gasteiger charge is 2.15. The molecule has 0 amide bonds. The molecule has 1 atom stereocenters. The fraction of sp³-hybridized carbons (Fsp3) is 0.368. The molecule has 0 bridgehead atoms. The first-order valence-electron chi connectivity index (χ1n) is 8.46. The molecule has 5 heteroatoms. The summed E-state index contributed by atoms with van der Waals surface area (Å²) in [6, 6.07) is 15.6. The summed E-state index contributed by atoms with van der Waals surface area (Å²) in [5.41, 5.74) is 3.36. The number of para-hydroxylation sites is 1. The Kier molecular flexibility index (Phi) is 5.11. The third-order valence-electron chi connectivity index (χ3n) is 4.63. The highest BCUT2D eigenvalue weighted by atomic mass is 16.6. The van der Waals surface area contributed by atoms with Crippen molar-refractivity contribution in [3.8, 4) is 0 Å². The number of benzene rings is 2. The van der Waals surface area contributed by atoms with Crippen LogP contribution < -0.4 is 10.2 Å². The van der Waals surface area contributed by atoms with Crippen molar-refractivity contribution >= 4 is 11.4 Å². The summed E-state index contributed by atoms with van der Waals surface area (Å²) in [6.45, 7) is 4.83. The van der Waals surface area contributed by atoms with Crippen LogP contribution in [-0.2, 0) is 6.54 Å². The number of nitro benzene ring substituents is 1. The van der Waals surface area contributed by atoms with Gasteiger partial charge >= 0.3 is 0 Å². The summed E-state index contributed by atoms with van der Waals surface area (Å²) >= 11 is 0. The third kappa shape index (κ3) is 3.74. The maximum absolute atomic E-state index is 11.1. The van der Waals surface area contributed by atoms with E-state index in [4.69, 9.17) is 0 Å². The maximum atomic E-state index is 11.1. The number of nitro groups is 1. The summed E-state index contributed by atoms with van der Waals surface area (Å²) in [7, 11) is 0. The predicted octanol–water partition coefficient (Wildman–Crippen LogP) is 4.05. The molecule has 0 spiro atoms. The zero-order valence-electron chi connectivity index (χ0n) is 13.9. The van der Waals surface area contributed by atoms with Gasteiger partial charge < -0.3 is 10.2 Å². The van der Waals surface area contributed by atoms with E-state index >= 15 is 0 Å². The largest absolute Gasteiger partial charge is 0.372 e. The van der Waals surface area contributed by atoms with Crippen LogP contribution in [0.25, 0.3) is 0 Å². The first-order chi connectivity index (χ1) is 11.6. The summed E-state index contributed by atoms with van der Waals surface area (Å²) in [5, 5.41) is 14.5. The molecule has 0 aliphatic carbocycles. The molecule has 2 aromatic rings. The van der Waals surface area contributed by atoms with Crippen LogP contribution in [0.1, 0.15) is 36.9 Å². The van der Waals surface area contributed by atoms with Crippen LogP contribution in [0.3, 0.4) is 0 Å². The molecular formula is C19H23N3O2. The van der Waals surface area contributed by atoms with Gasteiger partial charge in [0.05, 0.1) is 4.92 Å². The Morgan fingerprint density at radius 2 is 1.92 bits per heavy atom. The average molecular weight is 325 g/mol. The molecule has 2 aromatic carbocycles. The van der Waals surface area contributed by atoms with Crippen molar-refractivity contribution in [3.05, 3.63) is 69.8 Å². The number of nitrogens with zero attached hydrogens (tertiary/aromatic N) is 2. The Morgan fingerprint density at radius 1 is 1.17 bits per heavy atom. The molecule has 5 nitrogen and oxygen atoms in total. The third-order valence-corrected chi connectivity index (χ3v) is 4.63. The number of anilines is 1. The highest BCUT2D eigenvalue weighted by Crippen LogP contribution is 2.25. The highest BCUT2D eigenvalue weighted by molar-refractivity contribution is 5.50. The zero-order valence-corrected chi connectivity index (χ0v) is 13.9. The number of nitrogens with one attached hydrogen (secondary N) is 1.